The van der Waals surface area contributed by atoms with E-state index in [4.69, 9.17) is 4.42 Å². The number of rotatable bonds is 4. The summed E-state index contributed by atoms with van der Waals surface area (Å²) < 4.78 is 5.51. The lowest BCUT2D eigenvalue weighted by molar-refractivity contribution is 0.0717. The maximum absolute atomic E-state index is 13.3. The second-order valence-electron chi connectivity index (χ2n) is 7.66. The van der Waals surface area contributed by atoms with Gasteiger partial charge in [0.05, 0.1) is 18.8 Å². The van der Waals surface area contributed by atoms with E-state index in [2.05, 4.69) is 10.2 Å². The van der Waals surface area contributed by atoms with Crippen LogP contribution in [0.1, 0.15) is 44.5 Å². The molecular formula is C24H21N3O3. The summed E-state index contributed by atoms with van der Waals surface area (Å²) in [6.07, 6.45) is 1.60. The first-order valence-electron chi connectivity index (χ1n) is 9.81. The van der Waals surface area contributed by atoms with Crippen molar-refractivity contribution in [2.24, 2.45) is 0 Å². The van der Waals surface area contributed by atoms with Gasteiger partial charge >= 0.3 is 0 Å². The predicted molar refractivity (Wildman–Crippen MR) is 112 cm³/mol. The molecule has 6 nitrogen and oxygen atoms in total. The van der Waals surface area contributed by atoms with Crippen LogP contribution in [0, 0.1) is 13.8 Å². The van der Waals surface area contributed by atoms with E-state index in [-0.39, 0.29) is 17.7 Å². The van der Waals surface area contributed by atoms with Crippen molar-refractivity contribution in [3.8, 4) is 17.0 Å². The second kappa shape index (κ2) is 6.91. The summed E-state index contributed by atoms with van der Waals surface area (Å²) >= 11 is 0. The topological polar surface area (TPSA) is 82.4 Å². The fourth-order valence-corrected chi connectivity index (χ4v) is 4.36. The van der Waals surface area contributed by atoms with Crippen molar-refractivity contribution in [1.29, 1.82) is 0 Å². The number of aromatic hydroxyl groups is 1. The van der Waals surface area contributed by atoms with Gasteiger partial charge in [-0.25, -0.2) is 0 Å². The van der Waals surface area contributed by atoms with Gasteiger partial charge in [0.15, 0.2) is 0 Å². The van der Waals surface area contributed by atoms with Crippen molar-refractivity contribution in [2.45, 2.75) is 26.4 Å². The Hall–Kier alpha value is -3.80. The summed E-state index contributed by atoms with van der Waals surface area (Å²) in [5, 5.41) is 18.1. The van der Waals surface area contributed by atoms with E-state index in [0.29, 0.717) is 29.3 Å². The molecule has 0 bridgehead atoms. The number of hydrogen-bond acceptors (Lipinski definition) is 4. The van der Waals surface area contributed by atoms with Gasteiger partial charge in [-0.3, -0.25) is 9.89 Å². The molecule has 3 heterocycles. The highest BCUT2D eigenvalue weighted by Crippen LogP contribution is 2.46. The standard InChI is InChI=1S/C24H21N3O3/c1-14-11-15(2)19(18(28)12-14)21-20-22(26-25-21)24(29)27(13-17-9-6-10-30-17)23(20)16-7-4-3-5-8-16/h3-12,23,28H,13H2,1-2H3,(H,25,26). The zero-order valence-electron chi connectivity index (χ0n) is 16.7. The number of H-pyrrole nitrogens is 1. The first-order chi connectivity index (χ1) is 14.5. The third-order valence-electron chi connectivity index (χ3n) is 5.58. The summed E-state index contributed by atoms with van der Waals surface area (Å²) in [5.74, 6) is 0.724. The quantitative estimate of drug-likeness (QED) is 0.519. The van der Waals surface area contributed by atoms with Crippen LogP contribution in [0.15, 0.2) is 65.3 Å². The molecule has 1 aliphatic heterocycles. The van der Waals surface area contributed by atoms with Gasteiger partial charge < -0.3 is 14.4 Å². The molecule has 0 saturated carbocycles. The molecule has 150 valence electrons. The summed E-state index contributed by atoms with van der Waals surface area (Å²) in [7, 11) is 0. The molecule has 0 fully saturated rings. The number of carbonyl (C=O) groups excluding carboxylic acids is 1. The number of benzene rings is 2. The van der Waals surface area contributed by atoms with Gasteiger partial charge in [-0.1, -0.05) is 36.4 Å². The molecule has 0 saturated heterocycles. The lowest BCUT2D eigenvalue weighted by Crippen LogP contribution is -2.28. The Kier molecular flexibility index (Phi) is 4.20. The fraction of sp³-hybridized carbons (Fsp3) is 0.167. The number of amides is 1. The van der Waals surface area contributed by atoms with Crippen molar-refractivity contribution in [3.63, 3.8) is 0 Å². The number of aromatic amines is 1. The molecule has 2 aromatic heterocycles. The first kappa shape index (κ1) is 18.2. The Bertz CT molecular complexity index is 1200. The number of phenolic OH excluding ortho intramolecular Hbond substituents is 1. The van der Waals surface area contributed by atoms with Crippen molar-refractivity contribution < 1.29 is 14.3 Å². The zero-order chi connectivity index (χ0) is 20.8. The van der Waals surface area contributed by atoms with Crippen molar-refractivity contribution in [3.05, 3.63) is 94.6 Å². The number of furan rings is 1. The normalized spacial score (nSPS) is 15.6. The minimum absolute atomic E-state index is 0.141. The van der Waals surface area contributed by atoms with E-state index in [1.807, 2.05) is 62.4 Å². The molecule has 5 rings (SSSR count). The predicted octanol–water partition coefficient (Wildman–Crippen LogP) is 4.74. The van der Waals surface area contributed by atoms with Crippen molar-refractivity contribution >= 4 is 5.91 Å². The molecule has 0 aliphatic carbocycles. The lowest BCUT2D eigenvalue weighted by atomic mass is 9.93. The van der Waals surface area contributed by atoms with Crippen LogP contribution in [0.5, 0.6) is 5.75 Å². The van der Waals surface area contributed by atoms with E-state index < -0.39 is 0 Å². The van der Waals surface area contributed by atoms with Crippen LogP contribution in [0.4, 0.5) is 0 Å². The summed E-state index contributed by atoms with van der Waals surface area (Å²) in [4.78, 5) is 15.1. The number of hydrogen-bond donors (Lipinski definition) is 2. The SMILES string of the molecule is Cc1cc(C)c(-c2n[nH]c3c2C(c2ccccc2)N(Cc2ccco2)C3=O)c(O)c1. The van der Waals surface area contributed by atoms with Gasteiger partial charge in [0, 0.05) is 11.1 Å². The first-order valence-corrected chi connectivity index (χ1v) is 9.81. The number of nitrogens with one attached hydrogen (secondary N) is 1. The van der Waals surface area contributed by atoms with Crippen LogP contribution in [-0.4, -0.2) is 26.1 Å². The van der Waals surface area contributed by atoms with E-state index in [1.165, 1.54) is 0 Å². The Labute approximate surface area is 173 Å². The van der Waals surface area contributed by atoms with Gasteiger partial charge in [-0.2, -0.15) is 5.10 Å². The Balaban J connectivity index is 1.70. The van der Waals surface area contributed by atoms with Crippen LogP contribution < -0.4 is 0 Å². The van der Waals surface area contributed by atoms with Gasteiger partial charge in [0.1, 0.15) is 22.9 Å². The Morgan fingerprint density at radius 3 is 2.63 bits per heavy atom. The van der Waals surface area contributed by atoms with Gasteiger partial charge in [0.2, 0.25) is 0 Å². The highest BCUT2D eigenvalue weighted by atomic mass is 16.3. The molecule has 0 spiro atoms. The number of nitrogens with zero attached hydrogens (tertiary/aromatic N) is 2. The zero-order valence-corrected chi connectivity index (χ0v) is 16.7. The highest BCUT2D eigenvalue weighted by Gasteiger charge is 2.43. The third kappa shape index (κ3) is 2.80. The molecule has 2 N–H and O–H groups in total. The van der Waals surface area contributed by atoms with Gasteiger partial charge in [-0.15, -0.1) is 0 Å². The molecule has 1 amide bonds. The van der Waals surface area contributed by atoms with E-state index in [0.717, 1.165) is 22.3 Å². The number of carbonyl (C=O) groups is 1. The monoisotopic (exact) mass is 399 g/mol. The maximum Gasteiger partial charge on any atom is 0.273 e. The molecular weight excluding hydrogens is 378 g/mol. The van der Waals surface area contributed by atoms with Crippen LogP contribution in [0.2, 0.25) is 0 Å². The molecule has 6 heteroatoms. The largest absolute Gasteiger partial charge is 0.507 e. The van der Waals surface area contributed by atoms with Crippen LogP contribution in [0.25, 0.3) is 11.3 Å². The summed E-state index contributed by atoms with van der Waals surface area (Å²) in [5.41, 5.74) is 5.32. The average Bonchev–Trinajstić information content (AvgIpc) is 3.43. The number of fused-ring (bicyclic) bond motifs is 1. The fourth-order valence-electron chi connectivity index (χ4n) is 4.36. The van der Waals surface area contributed by atoms with Crippen LogP contribution in [-0.2, 0) is 6.54 Å². The summed E-state index contributed by atoms with van der Waals surface area (Å²) in [6.45, 7) is 4.22. The van der Waals surface area contributed by atoms with Crippen LogP contribution >= 0.6 is 0 Å². The third-order valence-corrected chi connectivity index (χ3v) is 5.58. The second-order valence-corrected chi connectivity index (χ2v) is 7.66. The average molecular weight is 399 g/mol. The highest BCUT2D eigenvalue weighted by molar-refractivity contribution is 6.00. The van der Waals surface area contributed by atoms with E-state index in [9.17, 15) is 9.90 Å². The van der Waals surface area contributed by atoms with Crippen molar-refractivity contribution in [1.82, 2.24) is 15.1 Å². The van der Waals surface area contributed by atoms with Gasteiger partial charge in [0.25, 0.3) is 5.91 Å². The number of aromatic nitrogens is 2. The molecule has 1 aliphatic rings. The minimum Gasteiger partial charge on any atom is -0.507 e. The van der Waals surface area contributed by atoms with Crippen LogP contribution in [0.3, 0.4) is 0 Å². The minimum atomic E-state index is -0.340. The van der Waals surface area contributed by atoms with Gasteiger partial charge in [-0.05, 0) is 48.7 Å². The van der Waals surface area contributed by atoms with E-state index in [1.54, 1.807) is 17.2 Å². The molecule has 0 radical (unpaired) electrons. The Morgan fingerprint density at radius 1 is 1.13 bits per heavy atom. The molecule has 30 heavy (non-hydrogen) atoms. The number of phenols is 1. The Morgan fingerprint density at radius 2 is 1.93 bits per heavy atom. The smallest absolute Gasteiger partial charge is 0.273 e. The van der Waals surface area contributed by atoms with E-state index >= 15 is 0 Å². The lowest BCUT2D eigenvalue weighted by Gasteiger charge is -2.25. The van der Waals surface area contributed by atoms with Crippen molar-refractivity contribution in [2.75, 3.05) is 0 Å². The number of aryl methyl sites for hydroxylation is 2. The summed E-state index contributed by atoms with van der Waals surface area (Å²) in [6, 6.07) is 16.9. The maximum atomic E-state index is 13.3. The molecule has 1 unspecified atom stereocenters. The molecule has 4 aromatic rings. The molecule has 1 atom stereocenters. The molecule has 2 aromatic carbocycles.